The zero-order valence-corrected chi connectivity index (χ0v) is 13.8. The summed E-state index contributed by atoms with van der Waals surface area (Å²) in [7, 11) is 0. The number of aliphatic hydroxyl groups excluding tert-OH is 1. The first-order chi connectivity index (χ1) is 10.1. The van der Waals surface area contributed by atoms with Gasteiger partial charge in [0.2, 0.25) is 0 Å². The van der Waals surface area contributed by atoms with Crippen molar-refractivity contribution in [1.29, 1.82) is 0 Å². The summed E-state index contributed by atoms with van der Waals surface area (Å²) in [5, 5.41) is 14.1. The van der Waals surface area contributed by atoms with Gasteiger partial charge in [-0.1, -0.05) is 17.7 Å². The number of nitrogens with zero attached hydrogens (tertiary/aromatic N) is 1. The van der Waals surface area contributed by atoms with Crippen LogP contribution in [0.3, 0.4) is 0 Å². The summed E-state index contributed by atoms with van der Waals surface area (Å²) in [5.41, 5.74) is 0.655. The molecule has 0 aromatic carbocycles. The van der Waals surface area contributed by atoms with Crippen molar-refractivity contribution in [3.8, 4) is 0 Å². The lowest BCUT2D eigenvalue weighted by Crippen LogP contribution is -2.36. The molecule has 21 heavy (non-hydrogen) atoms. The van der Waals surface area contributed by atoms with E-state index < -0.39 is 6.10 Å². The van der Waals surface area contributed by atoms with Crippen molar-refractivity contribution in [1.82, 2.24) is 4.90 Å². The Morgan fingerprint density at radius 2 is 2.38 bits per heavy atom. The minimum atomic E-state index is -0.491. The Labute approximate surface area is 136 Å². The monoisotopic (exact) mass is 341 g/mol. The number of carbonyl (C=O) groups excluding carboxylic acids is 1. The summed E-state index contributed by atoms with van der Waals surface area (Å²) in [4.78, 5) is 15.4. The molecule has 0 spiro atoms. The number of carbonyl (C=O) groups is 1. The SMILES string of the molecule is O=C(c1csc(Cl)c1)N1CCC[C@H]1C[C@H](O)c1cccs1. The molecule has 0 unspecified atom stereocenters. The minimum Gasteiger partial charge on any atom is -0.387 e. The molecule has 1 fully saturated rings. The maximum Gasteiger partial charge on any atom is 0.255 e. The number of aliphatic hydroxyl groups is 1. The van der Waals surface area contributed by atoms with E-state index in [0.717, 1.165) is 24.3 Å². The highest BCUT2D eigenvalue weighted by Crippen LogP contribution is 2.31. The molecule has 2 aromatic rings. The van der Waals surface area contributed by atoms with Crippen LogP contribution in [0.15, 0.2) is 29.0 Å². The normalized spacial score (nSPS) is 19.9. The lowest BCUT2D eigenvalue weighted by molar-refractivity contribution is 0.0670. The zero-order valence-electron chi connectivity index (χ0n) is 11.4. The third-order valence-electron chi connectivity index (χ3n) is 3.82. The number of thiophene rings is 2. The van der Waals surface area contributed by atoms with Crippen molar-refractivity contribution in [3.05, 3.63) is 43.7 Å². The van der Waals surface area contributed by atoms with Crippen molar-refractivity contribution in [3.63, 3.8) is 0 Å². The largest absolute Gasteiger partial charge is 0.387 e. The Kier molecular flexibility index (Phi) is 4.64. The number of hydrogen-bond acceptors (Lipinski definition) is 4. The molecule has 1 N–H and O–H groups in total. The van der Waals surface area contributed by atoms with Gasteiger partial charge in [-0.2, -0.15) is 0 Å². The number of likely N-dealkylation sites (tertiary alicyclic amines) is 1. The lowest BCUT2D eigenvalue weighted by Gasteiger charge is -2.26. The van der Waals surface area contributed by atoms with Gasteiger partial charge in [-0.15, -0.1) is 22.7 Å². The highest BCUT2D eigenvalue weighted by molar-refractivity contribution is 7.14. The van der Waals surface area contributed by atoms with Gasteiger partial charge in [-0.05, 0) is 36.8 Å². The van der Waals surface area contributed by atoms with Crippen molar-refractivity contribution < 1.29 is 9.90 Å². The highest BCUT2D eigenvalue weighted by Gasteiger charge is 2.31. The Hall–Kier alpha value is -0.880. The van der Waals surface area contributed by atoms with Crippen LogP contribution in [-0.4, -0.2) is 28.5 Å². The second-order valence-corrected chi connectivity index (χ2v) is 7.72. The molecular weight excluding hydrogens is 326 g/mol. The molecule has 6 heteroatoms. The standard InChI is InChI=1S/C15H16ClNO2S2/c16-14-7-10(9-21-14)15(19)17-5-1-3-11(17)8-12(18)13-4-2-6-20-13/h2,4,6-7,9,11-12,18H,1,3,5,8H2/t11-,12-/m0/s1. The van der Waals surface area contributed by atoms with E-state index in [1.807, 2.05) is 22.4 Å². The van der Waals surface area contributed by atoms with E-state index in [-0.39, 0.29) is 11.9 Å². The molecule has 3 heterocycles. The van der Waals surface area contributed by atoms with Crippen LogP contribution in [0.25, 0.3) is 0 Å². The second kappa shape index (κ2) is 6.48. The van der Waals surface area contributed by atoms with Crippen LogP contribution < -0.4 is 0 Å². The topological polar surface area (TPSA) is 40.5 Å². The number of halogens is 1. The van der Waals surface area contributed by atoms with E-state index in [0.29, 0.717) is 16.3 Å². The third kappa shape index (κ3) is 3.31. The maximum absolute atomic E-state index is 12.5. The fourth-order valence-corrected chi connectivity index (χ4v) is 4.37. The predicted molar refractivity (Wildman–Crippen MR) is 87.3 cm³/mol. The Morgan fingerprint density at radius 1 is 1.52 bits per heavy atom. The van der Waals surface area contributed by atoms with E-state index >= 15 is 0 Å². The number of amides is 1. The van der Waals surface area contributed by atoms with Gasteiger partial charge in [0.15, 0.2) is 0 Å². The zero-order chi connectivity index (χ0) is 14.8. The molecule has 1 saturated heterocycles. The molecule has 1 amide bonds. The summed E-state index contributed by atoms with van der Waals surface area (Å²) in [6.45, 7) is 0.758. The molecule has 112 valence electrons. The minimum absolute atomic E-state index is 0.0269. The summed E-state index contributed by atoms with van der Waals surface area (Å²) in [6.07, 6.45) is 2.05. The average molecular weight is 342 g/mol. The van der Waals surface area contributed by atoms with Gasteiger partial charge in [0.05, 0.1) is 16.0 Å². The summed E-state index contributed by atoms with van der Waals surface area (Å²) in [5.74, 6) is 0.0269. The first-order valence-corrected chi connectivity index (χ1v) is 9.05. The Balaban J connectivity index is 1.69. The first-order valence-electron chi connectivity index (χ1n) is 6.91. The van der Waals surface area contributed by atoms with Crippen LogP contribution in [0, 0.1) is 0 Å². The summed E-state index contributed by atoms with van der Waals surface area (Å²) >= 11 is 8.84. The van der Waals surface area contributed by atoms with Gasteiger partial charge in [0, 0.05) is 22.8 Å². The summed E-state index contributed by atoms with van der Waals surface area (Å²) in [6, 6.07) is 5.70. The van der Waals surface area contributed by atoms with Crippen LogP contribution in [0.2, 0.25) is 4.34 Å². The van der Waals surface area contributed by atoms with Crippen LogP contribution in [0.1, 0.15) is 40.6 Å². The Bertz CT molecular complexity index is 611. The fourth-order valence-electron chi connectivity index (χ4n) is 2.79. The maximum atomic E-state index is 12.5. The molecule has 0 radical (unpaired) electrons. The molecular formula is C15H16ClNO2S2. The van der Waals surface area contributed by atoms with Crippen molar-refractivity contribution in [2.24, 2.45) is 0 Å². The summed E-state index contributed by atoms with van der Waals surface area (Å²) < 4.78 is 0.632. The van der Waals surface area contributed by atoms with Crippen molar-refractivity contribution in [2.75, 3.05) is 6.54 Å². The van der Waals surface area contributed by atoms with E-state index in [9.17, 15) is 9.90 Å². The van der Waals surface area contributed by atoms with Crippen LogP contribution in [0.5, 0.6) is 0 Å². The predicted octanol–water partition coefficient (Wildman–Crippen LogP) is 4.19. The molecule has 3 rings (SSSR count). The molecule has 0 bridgehead atoms. The van der Waals surface area contributed by atoms with Crippen molar-refractivity contribution >= 4 is 40.2 Å². The van der Waals surface area contributed by atoms with Gasteiger partial charge in [-0.25, -0.2) is 0 Å². The van der Waals surface area contributed by atoms with Gasteiger partial charge in [0.25, 0.3) is 5.91 Å². The van der Waals surface area contributed by atoms with Gasteiger partial charge >= 0.3 is 0 Å². The van der Waals surface area contributed by atoms with E-state index in [1.165, 1.54) is 11.3 Å². The third-order valence-corrected chi connectivity index (χ3v) is 5.88. The molecule has 1 aliphatic rings. The first kappa shape index (κ1) is 15.0. The fraction of sp³-hybridized carbons (Fsp3) is 0.400. The van der Waals surface area contributed by atoms with Crippen LogP contribution in [-0.2, 0) is 0 Å². The number of hydrogen-bond donors (Lipinski definition) is 1. The Morgan fingerprint density at radius 3 is 3.05 bits per heavy atom. The lowest BCUT2D eigenvalue weighted by atomic mass is 10.1. The average Bonchev–Trinajstić information content (AvgIpc) is 3.18. The second-order valence-electron chi connectivity index (χ2n) is 5.20. The molecule has 2 atom stereocenters. The van der Waals surface area contributed by atoms with E-state index in [1.54, 1.807) is 22.8 Å². The molecule has 0 aliphatic carbocycles. The van der Waals surface area contributed by atoms with Gasteiger partial charge in [0.1, 0.15) is 0 Å². The smallest absolute Gasteiger partial charge is 0.255 e. The quantitative estimate of drug-likeness (QED) is 0.905. The van der Waals surface area contributed by atoms with E-state index in [4.69, 9.17) is 11.6 Å². The van der Waals surface area contributed by atoms with Crippen LogP contribution >= 0.6 is 34.3 Å². The number of rotatable bonds is 4. The highest BCUT2D eigenvalue weighted by atomic mass is 35.5. The molecule has 0 saturated carbocycles. The van der Waals surface area contributed by atoms with E-state index in [2.05, 4.69) is 0 Å². The molecule has 1 aliphatic heterocycles. The van der Waals surface area contributed by atoms with Crippen molar-refractivity contribution in [2.45, 2.75) is 31.4 Å². The van der Waals surface area contributed by atoms with Gasteiger partial charge in [-0.3, -0.25) is 4.79 Å². The van der Waals surface area contributed by atoms with Crippen LogP contribution in [0.4, 0.5) is 0 Å². The molecule has 2 aromatic heterocycles. The molecule has 3 nitrogen and oxygen atoms in total. The van der Waals surface area contributed by atoms with Gasteiger partial charge < -0.3 is 10.0 Å².